The van der Waals surface area contributed by atoms with Crippen LogP contribution in [0.3, 0.4) is 0 Å². The lowest BCUT2D eigenvalue weighted by Gasteiger charge is -2.21. The first-order valence-corrected chi connectivity index (χ1v) is 5.90. The lowest BCUT2D eigenvalue weighted by atomic mass is 9.86. The van der Waals surface area contributed by atoms with Crippen LogP contribution in [0.1, 0.15) is 37.8 Å². The van der Waals surface area contributed by atoms with Gasteiger partial charge < -0.3 is 4.74 Å². The molecular formula is C14H19FO2. The van der Waals surface area contributed by atoms with Gasteiger partial charge in [-0.3, -0.25) is 4.79 Å². The van der Waals surface area contributed by atoms with E-state index in [-0.39, 0.29) is 17.7 Å². The number of benzene rings is 1. The lowest BCUT2D eigenvalue weighted by molar-refractivity contribution is -0.146. The molecule has 0 heterocycles. The molecule has 1 aromatic carbocycles. The zero-order chi connectivity index (χ0) is 13.0. The van der Waals surface area contributed by atoms with Crippen molar-refractivity contribution >= 4 is 5.97 Å². The van der Waals surface area contributed by atoms with Crippen LogP contribution in [-0.2, 0) is 9.53 Å². The fourth-order valence-electron chi connectivity index (χ4n) is 1.94. The fraction of sp³-hybridized carbons (Fsp3) is 0.500. The molecule has 94 valence electrons. The van der Waals surface area contributed by atoms with Gasteiger partial charge in [0.1, 0.15) is 5.82 Å². The highest BCUT2D eigenvalue weighted by atomic mass is 19.1. The van der Waals surface area contributed by atoms with Crippen molar-refractivity contribution in [2.24, 2.45) is 5.92 Å². The normalized spacial score (nSPS) is 12.6. The Morgan fingerprint density at radius 1 is 1.41 bits per heavy atom. The van der Waals surface area contributed by atoms with Crippen LogP contribution in [0.4, 0.5) is 4.39 Å². The van der Waals surface area contributed by atoms with Gasteiger partial charge in [-0.15, -0.1) is 0 Å². The minimum Gasteiger partial charge on any atom is -0.466 e. The van der Waals surface area contributed by atoms with Gasteiger partial charge in [-0.05, 0) is 43.0 Å². The number of ether oxygens (including phenoxy) is 1. The third-order valence-corrected chi connectivity index (χ3v) is 2.78. The summed E-state index contributed by atoms with van der Waals surface area (Å²) < 4.78 is 18.3. The summed E-state index contributed by atoms with van der Waals surface area (Å²) in [4.78, 5) is 11.9. The smallest absolute Gasteiger partial charge is 0.313 e. The Kier molecular flexibility index (Phi) is 4.67. The van der Waals surface area contributed by atoms with Crippen LogP contribution in [0.2, 0.25) is 0 Å². The molecule has 0 aliphatic rings. The van der Waals surface area contributed by atoms with Gasteiger partial charge in [0.15, 0.2) is 0 Å². The summed E-state index contributed by atoms with van der Waals surface area (Å²) in [5.41, 5.74) is 1.64. The van der Waals surface area contributed by atoms with Crippen molar-refractivity contribution in [1.82, 2.24) is 0 Å². The first-order valence-electron chi connectivity index (χ1n) is 5.90. The number of aryl methyl sites for hydroxylation is 1. The molecule has 0 N–H and O–H groups in total. The fourth-order valence-corrected chi connectivity index (χ4v) is 1.94. The molecule has 0 amide bonds. The van der Waals surface area contributed by atoms with Crippen molar-refractivity contribution in [2.45, 2.75) is 33.6 Å². The van der Waals surface area contributed by atoms with Crippen LogP contribution in [0.25, 0.3) is 0 Å². The highest BCUT2D eigenvalue weighted by Gasteiger charge is 2.27. The average molecular weight is 238 g/mol. The Hall–Kier alpha value is -1.38. The predicted molar refractivity (Wildman–Crippen MR) is 65.3 cm³/mol. The van der Waals surface area contributed by atoms with E-state index < -0.39 is 5.92 Å². The van der Waals surface area contributed by atoms with E-state index >= 15 is 0 Å². The molecule has 0 spiro atoms. The number of carbonyl (C=O) groups is 1. The minimum absolute atomic E-state index is 0.0783. The van der Waals surface area contributed by atoms with Gasteiger partial charge in [0, 0.05) is 0 Å². The van der Waals surface area contributed by atoms with E-state index in [9.17, 15) is 9.18 Å². The predicted octanol–water partition coefficient (Wildman–Crippen LogP) is 3.44. The second kappa shape index (κ2) is 5.80. The van der Waals surface area contributed by atoms with Gasteiger partial charge in [-0.1, -0.05) is 19.9 Å². The van der Waals surface area contributed by atoms with E-state index in [2.05, 4.69) is 0 Å². The molecule has 2 nitrogen and oxygen atoms in total. The Bertz CT molecular complexity index is 399. The van der Waals surface area contributed by atoms with Crippen LogP contribution in [0, 0.1) is 18.7 Å². The number of hydrogen-bond acceptors (Lipinski definition) is 2. The summed E-state index contributed by atoms with van der Waals surface area (Å²) in [7, 11) is 0. The molecule has 1 unspecified atom stereocenters. The number of rotatable bonds is 4. The van der Waals surface area contributed by atoms with Crippen LogP contribution in [0.5, 0.6) is 0 Å². The van der Waals surface area contributed by atoms with E-state index in [0.29, 0.717) is 6.61 Å². The molecule has 3 heteroatoms. The second-order valence-corrected chi connectivity index (χ2v) is 4.47. The highest BCUT2D eigenvalue weighted by molar-refractivity contribution is 5.79. The minimum atomic E-state index is -0.398. The number of halogens is 1. The van der Waals surface area contributed by atoms with E-state index in [1.165, 1.54) is 12.1 Å². The molecule has 0 saturated carbocycles. The van der Waals surface area contributed by atoms with Crippen molar-refractivity contribution < 1.29 is 13.9 Å². The maximum atomic E-state index is 13.3. The van der Waals surface area contributed by atoms with Gasteiger partial charge in [-0.2, -0.15) is 0 Å². The topological polar surface area (TPSA) is 26.3 Å². The van der Waals surface area contributed by atoms with Crippen molar-refractivity contribution in [3.63, 3.8) is 0 Å². The molecule has 0 bridgehead atoms. The summed E-state index contributed by atoms with van der Waals surface area (Å²) in [6, 6.07) is 4.53. The molecule has 0 fully saturated rings. The van der Waals surface area contributed by atoms with Crippen molar-refractivity contribution in [1.29, 1.82) is 0 Å². The first kappa shape index (κ1) is 13.7. The van der Waals surface area contributed by atoms with Gasteiger partial charge in [0.25, 0.3) is 0 Å². The summed E-state index contributed by atoms with van der Waals surface area (Å²) >= 11 is 0. The second-order valence-electron chi connectivity index (χ2n) is 4.47. The van der Waals surface area contributed by atoms with Gasteiger partial charge >= 0.3 is 5.97 Å². The summed E-state index contributed by atoms with van der Waals surface area (Å²) in [5, 5.41) is 0. The Labute approximate surface area is 102 Å². The Morgan fingerprint density at radius 3 is 2.59 bits per heavy atom. The number of esters is 1. The quantitative estimate of drug-likeness (QED) is 0.751. The summed E-state index contributed by atoms with van der Waals surface area (Å²) in [6.45, 7) is 7.87. The molecule has 0 aromatic heterocycles. The van der Waals surface area contributed by atoms with Crippen molar-refractivity contribution in [3.8, 4) is 0 Å². The molecule has 0 radical (unpaired) electrons. The van der Waals surface area contributed by atoms with Crippen LogP contribution < -0.4 is 0 Å². The maximum absolute atomic E-state index is 13.3. The zero-order valence-electron chi connectivity index (χ0n) is 10.8. The van der Waals surface area contributed by atoms with Crippen molar-refractivity contribution in [3.05, 3.63) is 35.1 Å². The maximum Gasteiger partial charge on any atom is 0.313 e. The van der Waals surface area contributed by atoms with Gasteiger partial charge in [0.05, 0.1) is 12.5 Å². The van der Waals surface area contributed by atoms with Crippen LogP contribution in [-0.4, -0.2) is 12.6 Å². The van der Waals surface area contributed by atoms with Crippen LogP contribution in [0.15, 0.2) is 18.2 Å². The largest absolute Gasteiger partial charge is 0.466 e. The standard InChI is InChI=1S/C14H19FO2/c1-5-17-14(16)13(9(2)3)12-8-11(15)7-6-10(12)4/h6-9,13H,5H2,1-4H3. The Morgan fingerprint density at radius 2 is 2.06 bits per heavy atom. The van der Waals surface area contributed by atoms with Gasteiger partial charge in [-0.25, -0.2) is 4.39 Å². The molecule has 1 aromatic rings. The molecule has 1 atom stereocenters. The van der Waals surface area contributed by atoms with E-state index in [4.69, 9.17) is 4.74 Å². The summed E-state index contributed by atoms with van der Waals surface area (Å²) in [5.74, 6) is -0.919. The zero-order valence-corrected chi connectivity index (χ0v) is 10.8. The third kappa shape index (κ3) is 3.29. The molecular weight excluding hydrogens is 219 g/mol. The highest BCUT2D eigenvalue weighted by Crippen LogP contribution is 2.29. The first-order chi connectivity index (χ1) is 7.97. The van der Waals surface area contributed by atoms with E-state index in [1.54, 1.807) is 13.0 Å². The molecule has 0 aliphatic carbocycles. The average Bonchev–Trinajstić information content (AvgIpc) is 2.23. The van der Waals surface area contributed by atoms with Crippen molar-refractivity contribution in [2.75, 3.05) is 6.61 Å². The molecule has 0 saturated heterocycles. The number of carbonyl (C=O) groups excluding carboxylic acids is 1. The van der Waals surface area contributed by atoms with E-state index in [0.717, 1.165) is 11.1 Å². The molecule has 0 aliphatic heterocycles. The third-order valence-electron chi connectivity index (χ3n) is 2.78. The van der Waals surface area contributed by atoms with Gasteiger partial charge in [0.2, 0.25) is 0 Å². The lowest BCUT2D eigenvalue weighted by Crippen LogP contribution is -2.21. The monoisotopic (exact) mass is 238 g/mol. The summed E-state index contributed by atoms with van der Waals surface area (Å²) in [6.07, 6.45) is 0. The molecule has 17 heavy (non-hydrogen) atoms. The Balaban J connectivity index is 3.13. The number of hydrogen-bond donors (Lipinski definition) is 0. The van der Waals surface area contributed by atoms with Crippen LogP contribution >= 0.6 is 0 Å². The molecule has 1 rings (SSSR count). The van der Waals surface area contributed by atoms with E-state index in [1.807, 2.05) is 20.8 Å². The SMILES string of the molecule is CCOC(=O)C(c1cc(F)ccc1C)C(C)C.